The second kappa shape index (κ2) is 7.15. The summed E-state index contributed by atoms with van der Waals surface area (Å²) in [7, 11) is 0. The molecule has 0 aromatic rings. The topological polar surface area (TPSA) is 40.6 Å². The summed E-state index contributed by atoms with van der Waals surface area (Å²) in [5.74, 6) is -2.32. The highest BCUT2D eigenvalue weighted by molar-refractivity contribution is 5.82. The number of amides is 1. The lowest BCUT2D eigenvalue weighted by molar-refractivity contribution is -0.203. The van der Waals surface area contributed by atoms with E-state index in [1.54, 1.807) is 0 Å². The first-order valence-electron chi connectivity index (χ1n) is 8.00. The first kappa shape index (κ1) is 18.2. The Morgan fingerprint density at radius 3 is 2.04 bits per heavy atom. The van der Waals surface area contributed by atoms with Gasteiger partial charge in [-0.05, 0) is 45.4 Å². The Bertz CT molecular complexity index is 441. The number of carbonyl (C=O) groups excluding carboxylic acids is 2. The largest absolute Gasteiger partial charge is 0.471 e. The second-order valence-electron chi connectivity index (χ2n) is 6.38. The summed E-state index contributed by atoms with van der Waals surface area (Å²) >= 11 is 0. The Morgan fingerprint density at radius 2 is 1.61 bits per heavy atom. The minimum Gasteiger partial charge on any atom is -0.300 e. The van der Waals surface area contributed by atoms with Gasteiger partial charge in [-0.25, -0.2) is 4.39 Å². The quantitative estimate of drug-likeness (QED) is 0.585. The van der Waals surface area contributed by atoms with E-state index in [0.717, 1.165) is 0 Å². The third kappa shape index (κ3) is 4.22. The summed E-state index contributed by atoms with van der Waals surface area (Å²) < 4.78 is 53.3. The number of halogens is 4. The van der Waals surface area contributed by atoms with Crippen LogP contribution in [-0.4, -0.2) is 53.2 Å². The van der Waals surface area contributed by atoms with E-state index in [9.17, 15) is 27.2 Å². The van der Waals surface area contributed by atoms with Gasteiger partial charge in [0, 0.05) is 25.0 Å². The monoisotopic (exact) mass is 338 g/mol. The molecule has 1 aliphatic heterocycles. The van der Waals surface area contributed by atoms with E-state index in [1.165, 1.54) is 11.8 Å². The van der Waals surface area contributed by atoms with Crippen LogP contribution in [-0.2, 0) is 9.59 Å². The van der Waals surface area contributed by atoms with Crippen LogP contribution in [0.25, 0.3) is 0 Å². The van der Waals surface area contributed by atoms with Crippen molar-refractivity contribution in [2.24, 2.45) is 5.92 Å². The molecule has 4 nitrogen and oxygen atoms in total. The fourth-order valence-corrected chi connectivity index (χ4v) is 3.47. The summed E-state index contributed by atoms with van der Waals surface area (Å²) in [6, 6.07) is -0.810. The molecule has 1 unspecified atom stereocenters. The molecule has 1 saturated carbocycles. The van der Waals surface area contributed by atoms with E-state index in [-0.39, 0.29) is 24.5 Å². The fraction of sp³-hybridized carbons (Fsp3) is 0.867. The maximum Gasteiger partial charge on any atom is 0.471 e. The van der Waals surface area contributed by atoms with Gasteiger partial charge in [-0.3, -0.25) is 19.4 Å². The summed E-state index contributed by atoms with van der Waals surface area (Å²) in [5, 5.41) is 0. The van der Waals surface area contributed by atoms with E-state index >= 15 is 0 Å². The molecule has 1 amide bonds. The first-order valence-corrected chi connectivity index (χ1v) is 8.00. The van der Waals surface area contributed by atoms with Crippen molar-refractivity contribution in [1.29, 1.82) is 0 Å². The summed E-state index contributed by atoms with van der Waals surface area (Å²) in [6.45, 7) is 2.16. The normalized spacial score (nSPS) is 27.7. The van der Waals surface area contributed by atoms with Gasteiger partial charge in [0.1, 0.15) is 5.78 Å². The first-order chi connectivity index (χ1) is 10.7. The number of rotatable bonds is 4. The van der Waals surface area contributed by atoms with E-state index in [0.29, 0.717) is 43.7 Å². The van der Waals surface area contributed by atoms with Crippen LogP contribution in [0.5, 0.6) is 0 Å². The van der Waals surface area contributed by atoms with Crippen LogP contribution in [0.2, 0.25) is 0 Å². The molecule has 0 N–H and O–H groups in total. The van der Waals surface area contributed by atoms with Crippen molar-refractivity contribution in [3.63, 3.8) is 0 Å². The van der Waals surface area contributed by atoms with Crippen LogP contribution < -0.4 is 0 Å². The van der Waals surface area contributed by atoms with Gasteiger partial charge in [-0.15, -0.1) is 0 Å². The molecule has 1 saturated heterocycles. The highest BCUT2D eigenvalue weighted by Crippen LogP contribution is 2.33. The molecule has 1 atom stereocenters. The lowest BCUT2D eigenvalue weighted by Crippen LogP contribution is -2.56. The molecule has 132 valence electrons. The number of likely N-dealkylation sites (tertiary alicyclic amines) is 1. The predicted molar refractivity (Wildman–Crippen MR) is 75.0 cm³/mol. The molecular formula is C15H22F4N2O2. The van der Waals surface area contributed by atoms with Gasteiger partial charge in [0.15, 0.2) is 0 Å². The molecule has 0 aromatic heterocycles. The highest BCUT2D eigenvalue weighted by Gasteiger charge is 2.49. The van der Waals surface area contributed by atoms with Crippen molar-refractivity contribution < 1.29 is 27.2 Å². The highest BCUT2D eigenvalue weighted by atomic mass is 19.4. The molecule has 1 aliphatic carbocycles. The average molecular weight is 338 g/mol. The van der Waals surface area contributed by atoms with Crippen LogP contribution in [0.15, 0.2) is 0 Å². The van der Waals surface area contributed by atoms with Gasteiger partial charge in [-0.2, -0.15) is 13.2 Å². The Hall–Kier alpha value is -1.18. The van der Waals surface area contributed by atoms with Crippen LogP contribution in [0.3, 0.4) is 0 Å². The number of carbonyl (C=O) groups is 2. The zero-order valence-corrected chi connectivity index (χ0v) is 13.1. The molecule has 0 aromatic carbocycles. The Balaban J connectivity index is 2.13. The molecule has 2 fully saturated rings. The number of ketones is 1. The number of nitrogens with zero attached hydrogens (tertiary/aromatic N) is 2. The van der Waals surface area contributed by atoms with Crippen molar-refractivity contribution in [2.75, 3.05) is 13.1 Å². The van der Waals surface area contributed by atoms with Crippen LogP contribution in [0.1, 0.15) is 45.4 Å². The third-order valence-corrected chi connectivity index (χ3v) is 4.81. The zero-order chi connectivity index (χ0) is 17.2. The molecule has 0 spiro atoms. The Kier molecular flexibility index (Phi) is 5.65. The average Bonchev–Trinajstić information content (AvgIpc) is 3.01. The lowest BCUT2D eigenvalue weighted by atomic mass is 9.83. The Labute approximate surface area is 132 Å². The number of hydrogen-bond acceptors (Lipinski definition) is 3. The minimum absolute atomic E-state index is 0.00603. The third-order valence-electron chi connectivity index (χ3n) is 4.81. The zero-order valence-electron chi connectivity index (χ0n) is 13.1. The van der Waals surface area contributed by atoms with Crippen molar-refractivity contribution in [1.82, 2.24) is 9.80 Å². The van der Waals surface area contributed by atoms with Crippen LogP contribution in [0.4, 0.5) is 17.6 Å². The molecule has 1 heterocycles. The van der Waals surface area contributed by atoms with Crippen molar-refractivity contribution in [3.05, 3.63) is 0 Å². The number of hydrogen-bond donors (Lipinski definition) is 0. The molecule has 2 rings (SSSR count). The lowest BCUT2D eigenvalue weighted by Gasteiger charge is -2.40. The molecule has 23 heavy (non-hydrogen) atoms. The number of alkyl halides is 4. The summed E-state index contributed by atoms with van der Waals surface area (Å²) in [5.41, 5.74) is 0. The van der Waals surface area contributed by atoms with Gasteiger partial charge in [0.05, 0.1) is 0 Å². The SMILES string of the molecule is CC(=O)C1CCC(N(C(=O)C(F)(F)F)C(F)N2CCCC2)CC1. The Morgan fingerprint density at radius 1 is 1.09 bits per heavy atom. The van der Waals surface area contributed by atoms with Gasteiger partial charge in [0.2, 0.25) is 6.42 Å². The van der Waals surface area contributed by atoms with E-state index in [2.05, 4.69) is 0 Å². The van der Waals surface area contributed by atoms with Gasteiger partial charge in [-0.1, -0.05) is 0 Å². The van der Waals surface area contributed by atoms with Crippen LogP contribution >= 0.6 is 0 Å². The molecular weight excluding hydrogens is 316 g/mol. The molecule has 2 aliphatic rings. The summed E-state index contributed by atoms with van der Waals surface area (Å²) in [6.07, 6.45) is -4.48. The maximum atomic E-state index is 14.7. The predicted octanol–water partition coefficient (Wildman–Crippen LogP) is 2.87. The summed E-state index contributed by atoms with van der Waals surface area (Å²) in [4.78, 5) is 24.8. The van der Waals surface area contributed by atoms with Crippen molar-refractivity contribution in [2.45, 2.75) is 64.1 Å². The molecule has 0 radical (unpaired) electrons. The van der Waals surface area contributed by atoms with E-state index in [4.69, 9.17) is 0 Å². The van der Waals surface area contributed by atoms with Crippen molar-refractivity contribution >= 4 is 11.7 Å². The molecule has 8 heteroatoms. The molecule has 0 bridgehead atoms. The van der Waals surface area contributed by atoms with E-state index < -0.39 is 24.5 Å². The number of Topliss-reactive ketones (excluding diaryl/α,β-unsaturated/α-hetero) is 1. The fourth-order valence-electron chi connectivity index (χ4n) is 3.47. The maximum absolute atomic E-state index is 14.7. The minimum atomic E-state index is -5.10. The van der Waals surface area contributed by atoms with E-state index in [1.807, 2.05) is 0 Å². The second-order valence-corrected chi connectivity index (χ2v) is 6.38. The van der Waals surface area contributed by atoms with Gasteiger partial charge >= 0.3 is 12.1 Å². The standard InChI is InChI=1S/C15H22F4N2O2/c1-10(22)11-4-6-12(7-5-11)21(13(23)15(17,18)19)14(16)20-8-2-3-9-20/h11-12,14H,2-9H2,1H3. The van der Waals surface area contributed by atoms with Crippen LogP contribution in [0, 0.1) is 5.92 Å². The smallest absolute Gasteiger partial charge is 0.300 e. The van der Waals surface area contributed by atoms with Gasteiger partial charge in [0.25, 0.3) is 0 Å². The van der Waals surface area contributed by atoms with Crippen molar-refractivity contribution in [3.8, 4) is 0 Å². The van der Waals surface area contributed by atoms with Gasteiger partial charge < -0.3 is 0 Å².